The van der Waals surface area contributed by atoms with Crippen LogP contribution in [0.25, 0.3) is 0 Å². The van der Waals surface area contributed by atoms with Crippen molar-refractivity contribution in [2.45, 2.75) is 13.8 Å². The number of ether oxygens (including phenoxy) is 1. The van der Waals surface area contributed by atoms with Crippen LogP contribution >= 0.6 is 0 Å². The molecule has 0 aromatic rings. The number of hydrogen-bond acceptors (Lipinski definition) is 3. The predicted molar refractivity (Wildman–Crippen MR) is 35.7 cm³/mol. The van der Waals surface area contributed by atoms with Crippen LogP contribution < -0.4 is 0 Å². The summed E-state index contributed by atoms with van der Waals surface area (Å²) < 4.78 is 4.35. The lowest BCUT2D eigenvalue weighted by Gasteiger charge is -1.92. The normalized spacial score (nSPS) is 8.33. The molecular formula is C6H11NO2. The van der Waals surface area contributed by atoms with Crippen LogP contribution in [0, 0.1) is 0 Å². The third kappa shape index (κ3) is 5.00. The van der Waals surface area contributed by atoms with Crippen molar-refractivity contribution in [3.05, 3.63) is 0 Å². The van der Waals surface area contributed by atoms with E-state index in [-0.39, 0.29) is 12.5 Å². The molecular weight excluding hydrogens is 118 g/mol. The van der Waals surface area contributed by atoms with Crippen molar-refractivity contribution in [1.82, 2.24) is 0 Å². The van der Waals surface area contributed by atoms with E-state index in [1.165, 1.54) is 7.11 Å². The Labute approximate surface area is 54.7 Å². The van der Waals surface area contributed by atoms with E-state index in [9.17, 15) is 4.79 Å². The van der Waals surface area contributed by atoms with Gasteiger partial charge in [0, 0.05) is 5.71 Å². The number of carbonyl (C=O) groups excluding carboxylic acids is 1. The highest BCUT2D eigenvalue weighted by Crippen LogP contribution is 1.78. The zero-order chi connectivity index (χ0) is 7.28. The van der Waals surface area contributed by atoms with Crippen molar-refractivity contribution in [2.24, 2.45) is 4.99 Å². The molecule has 0 atom stereocenters. The molecule has 0 fully saturated rings. The van der Waals surface area contributed by atoms with Crippen LogP contribution in [0.4, 0.5) is 0 Å². The highest BCUT2D eigenvalue weighted by atomic mass is 16.5. The number of methoxy groups -OCH3 is 1. The summed E-state index contributed by atoms with van der Waals surface area (Å²) in [4.78, 5) is 14.2. The van der Waals surface area contributed by atoms with Gasteiger partial charge in [0.15, 0.2) is 0 Å². The Morgan fingerprint density at radius 1 is 1.56 bits per heavy atom. The Hall–Kier alpha value is -0.860. The Bertz CT molecular complexity index is 125. The second-order valence-electron chi connectivity index (χ2n) is 1.84. The van der Waals surface area contributed by atoms with Gasteiger partial charge in [0.05, 0.1) is 7.11 Å². The Balaban J connectivity index is 3.50. The van der Waals surface area contributed by atoms with Gasteiger partial charge in [0.25, 0.3) is 0 Å². The van der Waals surface area contributed by atoms with E-state index in [0.29, 0.717) is 0 Å². The molecule has 0 N–H and O–H groups in total. The molecule has 0 heterocycles. The van der Waals surface area contributed by atoms with Crippen molar-refractivity contribution < 1.29 is 9.53 Å². The van der Waals surface area contributed by atoms with E-state index in [2.05, 4.69) is 9.73 Å². The first-order valence-electron chi connectivity index (χ1n) is 2.71. The van der Waals surface area contributed by atoms with Gasteiger partial charge in [-0.2, -0.15) is 0 Å². The van der Waals surface area contributed by atoms with Gasteiger partial charge in [-0.05, 0) is 13.8 Å². The average molecular weight is 129 g/mol. The van der Waals surface area contributed by atoms with Crippen LogP contribution in [-0.2, 0) is 9.53 Å². The van der Waals surface area contributed by atoms with E-state index >= 15 is 0 Å². The van der Waals surface area contributed by atoms with E-state index < -0.39 is 0 Å². The number of hydrogen-bond donors (Lipinski definition) is 0. The summed E-state index contributed by atoms with van der Waals surface area (Å²) in [6.07, 6.45) is 0. The lowest BCUT2D eigenvalue weighted by molar-refractivity contribution is -0.138. The van der Waals surface area contributed by atoms with Gasteiger partial charge >= 0.3 is 5.97 Å². The second-order valence-corrected chi connectivity index (χ2v) is 1.84. The van der Waals surface area contributed by atoms with Gasteiger partial charge in [-0.1, -0.05) is 0 Å². The molecule has 9 heavy (non-hydrogen) atoms. The fraction of sp³-hybridized carbons (Fsp3) is 0.667. The lowest BCUT2D eigenvalue weighted by Crippen LogP contribution is -2.05. The molecule has 0 saturated heterocycles. The summed E-state index contributed by atoms with van der Waals surface area (Å²) in [6, 6.07) is 0. The van der Waals surface area contributed by atoms with Crippen LogP contribution in [0.15, 0.2) is 4.99 Å². The first-order valence-corrected chi connectivity index (χ1v) is 2.71. The minimum absolute atomic E-state index is 0.138. The molecule has 3 heteroatoms. The van der Waals surface area contributed by atoms with Crippen LogP contribution in [0.1, 0.15) is 13.8 Å². The molecule has 0 unspecified atom stereocenters. The highest BCUT2D eigenvalue weighted by molar-refractivity contribution is 5.82. The van der Waals surface area contributed by atoms with Crippen molar-refractivity contribution in [3.63, 3.8) is 0 Å². The summed E-state index contributed by atoms with van der Waals surface area (Å²) in [5, 5.41) is 0. The zero-order valence-electron chi connectivity index (χ0n) is 5.97. The Morgan fingerprint density at radius 3 is 2.44 bits per heavy atom. The van der Waals surface area contributed by atoms with E-state index in [1.54, 1.807) is 0 Å². The van der Waals surface area contributed by atoms with Gasteiger partial charge in [0.1, 0.15) is 6.54 Å². The van der Waals surface area contributed by atoms with Crippen molar-refractivity contribution >= 4 is 11.7 Å². The van der Waals surface area contributed by atoms with Gasteiger partial charge in [-0.3, -0.25) is 9.79 Å². The number of aliphatic imine (C=N–C) groups is 1. The number of rotatable bonds is 2. The molecule has 0 aliphatic rings. The smallest absolute Gasteiger partial charge is 0.327 e. The SMILES string of the molecule is COC(=O)CN=C(C)C. The lowest BCUT2D eigenvalue weighted by atomic mass is 10.5. The number of esters is 1. The molecule has 0 aliphatic carbocycles. The van der Waals surface area contributed by atoms with E-state index in [0.717, 1.165) is 5.71 Å². The molecule has 0 aromatic carbocycles. The first-order chi connectivity index (χ1) is 4.16. The Kier molecular flexibility index (Phi) is 3.67. The topological polar surface area (TPSA) is 38.7 Å². The van der Waals surface area contributed by atoms with E-state index in [4.69, 9.17) is 0 Å². The molecule has 0 rings (SSSR count). The molecule has 0 amide bonds. The van der Waals surface area contributed by atoms with Gasteiger partial charge in [-0.15, -0.1) is 0 Å². The molecule has 0 spiro atoms. The largest absolute Gasteiger partial charge is 0.468 e. The van der Waals surface area contributed by atoms with Crippen LogP contribution in [-0.4, -0.2) is 25.3 Å². The average Bonchev–Trinajstić information content (AvgIpc) is 1.83. The quantitative estimate of drug-likeness (QED) is 0.405. The number of nitrogens with zero attached hydrogens (tertiary/aromatic N) is 1. The van der Waals surface area contributed by atoms with Crippen molar-refractivity contribution in [2.75, 3.05) is 13.7 Å². The van der Waals surface area contributed by atoms with Crippen molar-refractivity contribution in [3.8, 4) is 0 Å². The monoisotopic (exact) mass is 129 g/mol. The molecule has 0 saturated carbocycles. The molecule has 0 radical (unpaired) electrons. The summed E-state index contributed by atoms with van der Waals surface area (Å²) in [7, 11) is 1.35. The summed E-state index contributed by atoms with van der Waals surface area (Å²) in [5.41, 5.74) is 0.889. The summed E-state index contributed by atoms with van der Waals surface area (Å²) >= 11 is 0. The van der Waals surface area contributed by atoms with Gasteiger partial charge in [0.2, 0.25) is 0 Å². The van der Waals surface area contributed by atoms with Crippen LogP contribution in [0.2, 0.25) is 0 Å². The standard InChI is InChI=1S/C6H11NO2/c1-5(2)7-4-6(8)9-3/h4H2,1-3H3. The van der Waals surface area contributed by atoms with Gasteiger partial charge in [-0.25, -0.2) is 0 Å². The highest BCUT2D eigenvalue weighted by Gasteiger charge is 1.94. The molecule has 0 aromatic heterocycles. The molecule has 3 nitrogen and oxygen atoms in total. The third-order valence-corrected chi connectivity index (χ3v) is 0.752. The minimum Gasteiger partial charge on any atom is -0.468 e. The summed E-state index contributed by atoms with van der Waals surface area (Å²) in [6.45, 7) is 3.81. The Morgan fingerprint density at radius 2 is 2.11 bits per heavy atom. The maximum atomic E-state index is 10.4. The zero-order valence-corrected chi connectivity index (χ0v) is 5.97. The summed E-state index contributed by atoms with van der Waals surface area (Å²) in [5.74, 6) is -0.295. The van der Waals surface area contributed by atoms with Crippen LogP contribution in [0.5, 0.6) is 0 Å². The van der Waals surface area contributed by atoms with Crippen molar-refractivity contribution in [1.29, 1.82) is 0 Å². The second kappa shape index (κ2) is 4.06. The minimum atomic E-state index is -0.295. The van der Waals surface area contributed by atoms with E-state index in [1.807, 2.05) is 13.8 Å². The molecule has 0 aliphatic heterocycles. The predicted octanol–water partition coefficient (Wildman–Crippen LogP) is 0.640. The fourth-order valence-electron chi connectivity index (χ4n) is 0.287. The molecule has 0 bridgehead atoms. The first kappa shape index (κ1) is 8.14. The van der Waals surface area contributed by atoms with Crippen LogP contribution in [0.3, 0.4) is 0 Å². The maximum Gasteiger partial charge on any atom is 0.327 e. The third-order valence-electron chi connectivity index (χ3n) is 0.752. The maximum absolute atomic E-state index is 10.4. The fourth-order valence-corrected chi connectivity index (χ4v) is 0.287. The molecule has 52 valence electrons. The number of carbonyl (C=O) groups is 1. The van der Waals surface area contributed by atoms with Gasteiger partial charge < -0.3 is 4.74 Å².